The van der Waals surface area contributed by atoms with Crippen LogP contribution in [0, 0.1) is 20.8 Å². The molecule has 2 rings (SSSR count). The average molecular weight is 372 g/mol. The van der Waals surface area contributed by atoms with E-state index in [0.717, 1.165) is 21.7 Å². The first-order chi connectivity index (χ1) is 12.3. The van der Waals surface area contributed by atoms with E-state index >= 15 is 0 Å². The second kappa shape index (κ2) is 8.90. The van der Waals surface area contributed by atoms with E-state index in [1.54, 1.807) is 13.8 Å². The molecule has 2 atom stereocenters. The number of ether oxygens (including phenoxy) is 1. The maximum absolute atomic E-state index is 12.4. The fraction of sp³-hybridized carbons (Fsp3) is 0.333. The van der Waals surface area contributed by atoms with E-state index in [1.807, 2.05) is 63.2 Å². The first kappa shape index (κ1) is 20.0. The van der Waals surface area contributed by atoms with Crippen LogP contribution in [0.2, 0.25) is 0 Å². The Morgan fingerprint density at radius 2 is 1.54 bits per heavy atom. The molecule has 0 aromatic heterocycles. The van der Waals surface area contributed by atoms with Crippen molar-refractivity contribution < 1.29 is 14.3 Å². The van der Waals surface area contributed by atoms with Gasteiger partial charge in [0.25, 0.3) is 5.91 Å². The minimum Gasteiger partial charge on any atom is -0.452 e. The van der Waals surface area contributed by atoms with E-state index in [-0.39, 0.29) is 5.91 Å². The van der Waals surface area contributed by atoms with E-state index in [2.05, 4.69) is 5.32 Å². The molecular weight excluding hydrogens is 346 g/mol. The van der Waals surface area contributed by atoms with Gasteiger partial charge in [-0.2, -0.15) is 0 Å². The second-order valence-corrected chi connectivity index (χ2v) is 7.82. The molecule has 2 aromatic rings. The monoisotopic (exact) mass is 371 g/mol. The van der Waals surface area contributed by atoms with Crippen LogP contribution in [0.15, 0.2) is 47.4 Å². The fourth-order valence-electron chi connectivity index (χ4n) is 2.43. The highest BCUT2D eigenvalue weighted by Gasteiger charge is 2.23. The largest absolute Gasteiger partial charge is 0.452 e. The van der Waals surface area contributed by atoms with E-state index in [1.165, 1.54) is 17.3 Å². The predicted octanol–water partition coefficient (Wildman–Crippen LogP) is 4.66. The van der Waals surface area contributed by atoms with Crippen molar-refractivity contribution >= 4 is 29.3 Å². The van der Waals surface area contributed by atoms with E-state index in [9.17, 15) is 9.59 Å². The molecule has 0 saturated heterocycles. The van der Waals surface area contributed by atoms with Gasteiger partial charge in [-0.3, -0.25) is 9.59 Å². The fourth-order valence-corrected chi connectivity index (χ4v) is 3.28. The van der Waals surface area contributed by atoms with Gasteiger partial charge in [0.2, 0.25) is 0 Å². The molecule has 0 spiro atoms. The highest BCUT2D eigenvalue weighted by Crippen LogP contribution is 2.25. The number of esters is 1. The van der Waals surface area contributed by atoms with Gasteiger partial charge in [0.15, 0.2) is 6.10 Å². The van der Waals surface area contributed by atoms with Crippen molar-refractivity contribution in [3.8, 4) is 0 Å². The molecule has 1 amide bonds. The summed E-state index contributed by atoms with van der Waals surface area (Å²) in [6.45, 7) is 9.24. The lowest BCUT2D eigenvalue weighted by molar-refractivity contribution is -0.152. The Bertz CT molecular complexity index is 766. The number of benzene rings is 2. The molecule has 2 aromatic carbocycles. The van der Waals surface area contributed by atoms with Crippen molar-refractivity contribution in [1.82, 2.24) is 0 Å². The van der Waals surface area contributed by atoms with Crippen LogP contribution in [0.1, 0.15) is 30.5 Å². The summed E-state index contributed by atoms with van der Waals surface area (Å²) in [5, 5.41) is 2.46. The second-order valence-electron chi connectivity index (χ2n) is 6.41. The number of rotatable bonds is 6. The summed E-state index contributed by atoms with van der Waals surface area (Å²) >= 11 is 1.42. The molecule has 0 bridgehead atoms. The van der Waals surface area contributed by atoms with Crippen molar-refractivity contribution in [2.75, 3.05) is 5.32 Å². The molecule has 0 saturated carbocycles. The molecule has 5 heteroatoms. The molecule has 138 valence electrons. The SMILES string of the molecule is Cc1ccc(S[C@H](C)C(=O)O[C@H](C)C(=O)Nc2c(C)cccc2C)cc1. The van der Waals surface area contributed by atoms with Crippen LogP contribution in [0.3, 0.4) is 0 Å². The molecule has 1 N–H and O–H groups in total. The van der Waals surface area contributed by atoms with Crippen LogP contribution < -0.4 is 5.32 Å². The zero-order valence-corrected chi connectivity index (χ0v) is 16.6. The molecule has 0 unspecified atom stereocenters. The molecular formula is C21H25NO3S. The quantitative estimate of drug-likeness (QED) is 0.592. The van der Waals surface area contributed by atoms with Gasteiger partial charge in [0, 0.05) is 10.6 Å². The summed E-state index contributed by atoms with van der Waals surface area (Å²) in [5.41, 5.74) is 3.88. The zero-order chi connectivity index (χ0) is 19.3. The number of carbonyl (C=O) groups is 2. The molecule has 0 fully saturated rings. The molecule has 26 heavy (non-hydrogen) atoms. The van der Waals surface area contributed by atoms with Gasteiger partial charge in [0.1, 0.15) is 5.25 Å². The minimum absolute atomic E-state index is 0.330. The Balaban J connectivity index is 1.93. The number of amides is 1. The first-order valence-electron chi connectivity index (χ1n) is 8.59. The van der Waals surface area contributed by atoms with Gasteiger partial charge >= 0.3 is 5.97 Å². The third-order valence-electron chi connectivity index (χ3n) is 4.06. The van der Waals surface area contributed by atoms with Gasteiger partial charge in [-0.15, -0.1) is 11.8 Å². The summed E-state index contributed by atoms with van der Waals surface area (Å²) in [4.78, 5) is 25.7. The van der Waals surface area contributed by atoms with Crippen molar-refractivity contribution in [3.05, 3.63) is 59.2 Å². The van der Waals surface area contributed by atoms with Gasteiger partial charge in [-0.25, -0.2) is 0 Å². The molecule has 0 aliphatic heterocycles. The van der Waals surface area contributed by atoms with Crippen LogP contribution >= 0.6 is 11.8 Å². The topological polar surface area (TPSA) is 55.4 Å². The molecule has 4 nitrogen and oxygen atoms in total. The zero-order valence-electron chi connectivity index (χ0n) is 15.8. The Kier molecular flexibility index (Phi) is 6.86. The number of aryl methyl sites for hydroxylation is 3. The summed E-state index contributed by atoms with van der Waals surface area (Å²) in [6, 6.07) is 13.7. The van der Waals surface area contributed by atoms with Crippen molar-refractivity contribution in [2.45, 2.75) is 50.9 Å². The summed E-state index contributed by atoms with van der Waals surface area (Å²) < 4.78 is 5.35. The summed E-state index contributed by atoms with van der Waals surface area (Å²) in [6.07, 6.45) is -0.859. The predicted molar refractivity (Wildman–Crippen MR) is 107 cm³/mol. The Hall–Kier alpha value is -2.27. The summed E-state index contributed by atoms with van der Waals surface area (Å²) in [7, 11) is 0. The van der Waals surface area contributed by atoms with Gasteiger partial charge in [0.05, 0.1) is 0 Å². The highest BCUT2D eigenvalue weighted by atomic mass is 32.2. The van der Waals surface area contributed by atoms with E-state index in [4.69, 9.17) is 4.74 Å². The highest BCUT2D eigenvalue weighted by molar-refractivity contribution is 8.00. The first-order valence-corrected chi connectivity index (χ1v) is 9.46. The smallest absolute Gasteiger partial charge is 0.319 e. The number of nitrogens with one attached hydrogen (secondary N) is 1. The molecule has 0 radical (unpaired) electrons. The Morgan fingerprint density at radius 3 is 2.12 bits per heavy atom. The number of anilines is 1. The van der Waals surface area contributed by atoms with Crippen LogP contribution in [0.4, 0.5) is 5.69 Å². The van der Waals surface area contributed by atoms with Crippen molar-refractivity contribution in [1.29, 1.82) is 0 Å². The van der Waals surface area contributed by atoms with Gasteiger partial charge in [-0.1, -0.05) is 35.9 Å². The number of para-hydroxylation sites is 1. The standard InChI is InChI=1S/C21H25NO3S/c1-13-9-11-18(12-10-13)26-17(5)21(24)25-16(4)20(23)22-19-14(2)7-6-8-15(19)3/h6-12,16-17H,1-5H3,(H,22,23)/t16-,17-/m1/s1. The lowest BCUT2D eigenvalue weighted by Crippen LogP contribution is -2.32. The number of hydrogen-bond donors (Lipinski definition) is 1. The van der Waals surface area contributed by atoms with Crippen LogP contribution in [0.25, 0.3) is 0 Å². The number of carbonyl (C=O) groups excluding carboxylic acids is 2. The van der Waals surface area contributed by atoms with Gasteiger partial charge in [-0.05, 0) is 57.9 Å². The molecule has 0 heterocycles. The number of hydrogen-bond acceptors (Lipinski definition) is 4. The van der Waals surface area contributed by atoms with Crippen molar-refractivity contribution in [3.63, 3.8) is 0 Å². The van der Waals surface area contributed by atoms with E-state index in [0.29, 0.717) is 0 Å². The lowest BCUT2D eigenvalue weighted by atomic mass is 10.1. The van der Waals surface area contributed by atoms with Gasteiger partial charge < -0.3 is 10.1 Å². The maximum Gasteiger partial charge on any atom is 0.319 e. The Morgan fingerprint density at radius 1 is 0.962 bits per heavy atom. The van der Waals surface area contributed by atoms with Crippen LogP contribution in [-0.2, 0) is 14.3 Å². The number of thioether (sulfide) groups is 1. The van der Waals surface area contributed by atoms with Crippen LogP contribution in [-0.4, -0.2) is 23.2 Å². The Labute approximate surface area is 159 Å². The third-order valence-corrected chi connectivity index (χ3v) is 5.15. The van der Waals surface area contributed by atoms with E-state index < -0.39 is 17.3 Å². The normalized spacial score (nSPS) is 13.0. The maximum atomic E-state index is 12.4. The average Bonchev–Trinajstić information content (AvgIpc) is 2.59. The summed E-state index contributed by atoms with van der Waals surface area (Å²) in [5.74, 6) is -0.733. The molecule has 0 aliphatic carbocycles. The minimum atomic E-state index is -0.859. The lowest BCUT2D eigenvalue weighted by Gasteiger charge is -2.18. The molecule has 0 aliphatic rings. The van der Waals surface area contributed by atoms with Crippen molar-refractivity contribution in [2.24, 2.45) is 0 Å². The third kappa shape index (κ3) is 5.36. The van der Waals surface area contributed by atoms with Crippen LogP contribution in [0.5, 0.6) is 0 Å².